The molecule has 0 aliphatic carbocycles. The Morgan fingerprint density at radius 2 is 2.13 bits per heavy atom. The Hall–Kier alpha value is -3.44. The molecule has 0 bridgehead atoms. The van der Waals surface area contributed by atoms with E-state index in [1.54, 1.807) is 6.08 Å². The zero-order chi connectivity index (χ0) is 21.1. The third-order valence-electron chi connectivity index (χ3n) is 4.03. The quantitative estimate of drug-likeness (QED) is 0.433. The molecule has 0 saturated carbocycles. The van der Waals surface area contributed by atoms with Crippen LogP contribution in [0.4, 0.5) is 10.8 Å². The fraction of sp³-hybridized carbons (Fsp3) is 0.105. The number of rotatable bonds is 6. The van der Waals surface area contributed by atoms with Crippen LogP contribution in [0.25, 0.3) is 17.0 Å². The van der Waals surface area contributed by atoms with Gasteiger partial charge in [0.05, 0.1) is 21.9 Å². The molecular weight excluding hydrogens is 426 g/mol. The van der Waals surface area contributed by atoms with Gasteiger partial charge in [0, 0.05) is 29.7 Å². The highest BCUT2D eigenvalue weighted by Crippen LogP contribution is 2.31. The lowest BCUT2D eigenvalue weighted by Gasteiger charge is -1.98. The van der Waals surface area contributed by atoms with Crippen LogP contribution in [0.2, 0.25) is 0 Å². The van der Waals surface area contributed by atoms with Gasteiger partial charge >= 0.3 is 5.97 Å². The second kappa shape index (κ2) is 8.51. The number of carboxylic acid groups (broad SMARTS) is 1. The van der Waals surface area contributed by atoms with Gasteiger partial charge in [-0.05, 0) is 42.1 Å². The molecule has 11 heteroatoms. The summed E-state index contributed by atoms with van der Waals surface area (Å²) in [7, 11) is 0. The van der Waals surface area contributed by atoms with Crippen LogP contribution in [0.1, 0.15) is 17.7 Å². The predicted octanol–water partition coefficient (Wildman–Crippen LogP) is 3.32. The molecule has 1 fully saturated rings. The molecule has 3 aromatic rings. The highest BCUT2D eigenvalue weighted by atomic mass is 32.2. The number of amides is 2. The van der Waals surface area contributed by atoms with Crippen molar-refractivity contribution in [2.45, 2.75) is 12.8 Å². The molecule has 2 aromatic heterocycles. The lowest BCUT2D eigenvalue weighted by atomic mass is 10.2. The smallest absolute Gasteiger partial charge is 0.303 e. The van der Waals surface area contributed by atoms with Crippen LogP contribution in [-0.2, 0) is 14.4 Å². The van der Waals surface area contributed by atoms with Gasteiger partial charge in [-0.25, -0.2) is 9.98 Å². The van der Waals surface area contributed by atoms with Crippen molar-refractivity contribution >= 4 is 73.8 Å². The average Bonchev–Trinajstić information content (AvgIpc) is 3.41. The maximum Gasteiger partial charge on any atom is 0.303 e. The summed E-state index contributed by atoms with van der Waals surface area (Å²) in [5, 5.41) is 15.8. The summed E-state index contributed by atoms with van der Waals surface area (Å²) in [6.07, 6.45) is 4.68. The maximum atomic E-state index is 12.3. The van der Waals surface area contributed by atoms with Crippen molar-refractivity contribution in [1.82, 2.24) is 15.3 Å². The molecule has 0 unspecified atom stereocenters. The van der Waals surface area contributed by atoms with Gasteiger partial charge in [0.2, 0.25) is 5.91 Å². The number of fused-ring (bicyclic) bond motifs is 1. The summed E-state index contributed by atoms with van der Waals surface area (Å²) in [6.45, 7) is 0. The van der Waals surface area contributed by atoms with Crippen LogP contribution in [0.3, 0.4) is 0 Å². The maximum absolute atomic E-state index is 12.3. The number of carbonyl (C=O) groups is 3. The number of nitrogens with zero attached hydrogens (tertiary/aromatic N) is 2. The van der Waals surface area contributed by atoms with E-state index in [1.165, 1.54) is 29.3 Å². The molecule has 0 atom stereocenters. The molecule has 3 heterocycles. The van der Waals surface area contributed by atoms with Gasteiger partial charge < -0.3 is 20.7 Å². The molecule has 0 radical (unpaired) electrons. The van der Waals surface area contributed by atoms with Crippen molar-refractivity contribution in [1.29, 1.82) is 0 Å². The van der Waals surface area contributed by atoms with E-state index < -0.39 is 11.9 Å². The minimum atomic E-state index is -1.04. The number of thioether (sulfide) groups is 1. The molecule has 4 N–H and O–H groups in total. The summed E-state index contributed by atoms with van der Waals surface area (Å²) >= 11 is 2.41. The van der Waals surface area contributed by atoms with Crippen LogP contribution in [0.15, 0.2) is 46.6 Å². The fourth-order valence-corrected chi connectivity index (χ4v) is 4.33. The highest BCUT2D eigenvalue weighted by molar-refractivity contribution is 8.18. The first-order valence-electron chi connectivity index (χ1n) is 8.80. The van der Waals surface area contributed by atoms with Crippen LogP contribution in [-0.4, -0.2) is 38.0 Å². The molecule has 4 rings (SSSR count). The Labute approximate surface area is 178 Å². The molecule has 30 heavy (non-hydrogen) atoms. The third-order valence-corrected chi connectivity index (χ3v) is 5.80. The number of nitrogens with one attached hydrogen (secondary N) is 3. The van der Waals surface area contributed by atoms with Gasteiger partial charge in [-0.3, -0.25) is 14.4 Å². The van der Waals surface area contributed by atoms with E-state index >= 15 is 0 Å². The zero-order valence-corrected chi connectivity index (χ0v) is 17.0. The van der Waals surface area contributed by atoms with E-state index in [0.29, 0.717) is 20.1 Å². The largest absolute Gasteiger partial charge is 0.481 e. The number of aromatic nitrogens is 2. The molecule has 1 aromatic carbocycles. The molecule has 1 aliphatic heterocycles. The summed E-state index contributed by atoms with van der Waals surface area (Å²) < 4.78 is 0. The van der Waals surface area contributed by atoms with E-state index in [-0.39, 0.29) is 18.7 Å². The van der Waals surface area contributed by atoms with Crippen LogP contribution >= 0.6 is 23.1 Å². The Bertz CT molecular complexity index is 1210. The molecule has 0 spiro atoms. The lowest BCUT2D eigenvalue weighted by Crippen LogP contribution is -2.19. The topological polar surface area (TPSA) is 137 Å². The number of benzene rings is 1. The van der Waals surface area contributed by atoms with Crippen molar-refractivity contribution < 1.29 is 19.5 Å². The number of hydrogen-bond donors (Lipinski definition) is 4. The minimum absolute atomic E-state index is 0.127. The number of carbonyl (C=O) groups excluding carboxylic acids is 2. The summed E-state index contributed by atoms with van der Waals surface area (Å²) in [4.78, 5) is 47.3. The number of hydrogen-bond acceptors (Lipinski definition) is 7. The molecule has 1 aliphatic rings. The van der Waals surface area contributed by atoms with Gasteiger partial charge in [0.25, 0.3) is 5.91 Å². The number of H-pyrrole nitrogens is 1. The van der Waals surface area contributed by atoms with E-state index in [1.807, 2.05) is 30.5 Å². The van der Waals surface area contributed by atoms with Crippen LogP contribution < -0.4 is 10.6 Å². The second-order valence-electron chi connectivity index (χ2n) is 6.24. The van der Waals surface area contributed by atoms with E-state index in [9.17, 15) is 14.4 Å². The number of carboxylic acids is 1. The van der Waals surface area contributed by atoms with Gasteiger partial charge in [0.15, 0.2) is 10.3 Å². The Kier molecular flexibility index (Phi) is 5.63. The zero-order valence-electron chi connectivity index (χ0n) is 15.3. The van der Waals surface area contributed by atoms with Crippen molar-refractivity contribution in [2.24, 2.45) is 4.99 Å². The SMILES string of the molecule is O=C(O)CCC(=O)Nc1ncc(/C=C2\SC(=Nc3ccc4[nH]ccc4c3)NC2=O)s1. The normalized spacial score (nSPS) is 16.3. The van der Waals surface area contributed by atoms with Crippen molar-refractivity contribution in [3.05, 3.63) is 46.4 Å². The number of thiazole rings is 1. The monoisotopic (exact) mass is 441 g/mol. The number of amidine groups is 1. The van der Waals surface area contributed by atoms with Crippen molar-refractivity contribution in [2.75, 3.05) is 5.32 Å². The summed E-state index contributed by atoms with van der Waals surface area (Å²) in [5.41, 5.74) is 1.74. The Balaban J connectivity index is 1.43. The lowest BCUT2D eigenvalue weighted by molar-refractivity contribution is -0.138. The minimum Gasteiger partial charge on any atom is -0.481 e. The van der Waals surface area contributed by atoms with Gasteiger partial charge in [-0.1, -0.05) is 11.3 Å². The van der Waals surface area contributed by atoms with E-state index in [4.69, 9.17) is 5.11 Å². The predicted molar refractivity (Wildman–Crippen MR) is 117 cm³/mol. The van der Waals surface area contributed by atoms with Crippen molar-refractivity contribution in [3.8, 4) is 0 Å². The van der Waals surface area contributed by atoms with E-state index in [2.05, 4.69) is 25.6 Å². The number of aliphatic carboxylic acids is 1. The van der Waals surface area contributed by atoms with Crippen LogP contribution in [0.5, 0.6) is 0 Å². The van der Waals surface area contributed by atoms with Crippen LogP contribution in [0, 0.1) is 0 Å². The first-order chi connectivity index (χ1) is 14.5. The number of aromatic amines is 1. The molecule has 152 valence electrons. The summed E-state index contributed by atoms with van der Waals surface area (Å²) in [5.74, 6) is -1.72. The molecule has 1 saturated heterocycles. The number of anilines is 1. The highest BCUT2D eigenvalue weighted by Gasteiger charge is 2.24. The standard InChI is InChI=1S/C19H15N5O4S2/c25-15(3-4-16(26)27)23-18-21-9-12(29-18)8-14-17(28)24-19(30-14)22-11-1-2-13-10(7-11)5-6-20-13/h1-2,5-9,20H,3-4H2,(H,26,27)(H,21,23,25)(H,22,24,28)/b14-8-. The van der Waals surface area contributed by atoms with Gasteiger partial charge in [-0.15, -0.1) is 0 Å². The van der Waals surface area contributed by atoms with Gasteiger partial charge in [-0.2, -0.15) is 0 Å². The first-order valence-corrected chi connectivity index (χ1v) is 10.4. The van der Waals surface area contributed by atoms with Gasteiger partial charge in [0.1, 0.15) is 0 Å². The molecule has 2 amide bonds. The van der Waals surface area contributed by atoms with Crippen molar-refractivity contribution in [3.63, 3.8) is 0 Å². The Morgan fingerprint density at radius 3 is 2.97 bits per heavy atom. The first kappa shape index (κ1) is 19.9. The van der Waals surface area contributed by atoms with E-state index in [0.717, 1.165) is 16.6 Å². The molecule has 9 nitrogen and oxygen atoms in total. The third kappa shape index (κ3) is 4.75. The number of aliphatic imine (C=N–C) groups is 1. The second-order valence-corrected chi connectivity index (χ2v) is 8.33. The Morgan fingerprint density at radius 1 is 1.27 bits per heavy atom. The summed E-state index contributed by atoms with van der Waals surface area (Å²) in [6, 6.07) is 7.67. The fourth-order valence-electron chi connectivity index (χ4n) is 2.65. The molecular formula is C19H15N5O4S2. The average molecular weight is 441 g/mol.